The summed E-state index contributed by atoms with van der Waals surface area (Å²) in [5.41, 5.74) is 1.81. The zero-order valence-electron chi connectivity index (χ0n) is 19.3. The number of fused-ring (bicyclic) bond motifs is 1. The van der Waals surface area contributed by atoms with Crippen molar-refractivity contribution in [1.29, 1.82) is 0 Å². The number of halogens is 1. The van der Waals surface area contributed by atoms with Crippen molar-refractivity contribution in [3.05, 3.63) is 88.9 Å². The normalized spacial score (nSPS) is 16.8. The monoisotopic (exact) mass is 498 g/mol. The molecule has 0 radical (unpaired) electrons. The predicted octanol–water partition coefficient (Wildman–Crippen LogP) is 5.26. The van der Waals surface area contributed by atoms with Crippen LogP contribution in [0.5, 0.6) is 5.75 Å². The number of nitrogens with zero attached hydrogens (tertiary/aromatic N) is 1. The van der Waals surface area contributed by atoms with Gasteiger partial charge in [-0.3, -0.25) is 9.10 Å². The van der Waals surface area contributed by atoms with E-state index in [1.807, 2.05) is 39.0 Å². The third kappa shape index (κ3) is 5.21. The molecule has 0 fully saturated rings. The number of benzene rings is 3. The molecule has 0 aliphatic carbocycles. The Hall–Kier alpha value is -3.03. The topological polar surface area (TPSA) is 75.7 Å². The van der Waals surface area contributed by atoms with E-state index >= 15 is 0 Å². The molecule has 1 N–H and O–H groups in total. The Morgan fingerprint density at radius 2 is 1.76 bits per heavy atom. The number of hydrogen-bond donors (Lipinski definition) is 1. The van der Waals surface area contributed by atoms with E-state index < -0.39 is 21.5 Å². The van der Waals surface area contributed by atoms with Crippen LogP contribution in [0.4, 0.5) is 5.69 Å². The Labute approximate surface area is 205 Å². The number of aryl methyl sites for hydroxylation is 1. The lowest BCUT2D eigenvalue weighted by atomic mass is 9.89. The van der Waals surface area contributed by atoms with Gasteiger partial charge in [-0.25, -0.2) is 8.42 Å². The number of ether oxygens (including phenoxy) is 1. The van der Waals surface area contributed by atoms with Gasteiger partial charge in [-0.15, -0.1) is 0 Å². The van der Waals surface area contributed by atoms with Gasteiger partial charge < -0.3 is 10.1 Å². The first kappa shape index (κ1) is 24.1. The molecule has 6 nitrogen and oxygen atoms in total. The third-order valence-electron chi connectivity index (χ3n) is 5.69. The number of nitrogens with one attached hydrogen (secondary N) is 1. The number of hydrogen-bond acceptors (Lipinski definition) is 4. The summed E-state index contributed by atoms with van der Waals surface area (Å²) in [5.74, 6) is 0.309. The van der Waals surface area contributed by atoms with E-state index in [9.17, 15) is 13.2 Å². The van der Waals surface area contributed by atoms with Crippen molar-refractivity contribution in [2.45, 2.75) is 43.7 Å². The largest absolute Gasteiger partial charge is 0.487 e. The van der Waals surface area contributed by atoms with Crippen molar-refractivity contribution in [1.82, 2.24) is 5.32 Å². The summed E-state index contributed by atoms with van der Waals surface area (Å²) in [6.07, 6.45) is 0.557. The van der Waals surface area contributed by atoms with Crippen molar-refractivity contribution in [3.63, 3.8) is 0 Å². The van der Waals surface area contributed by atoms with Crippen LogP contribution in [0.25, 0.3) is 0 Å². The van der Waals surface area contributed by atoms with Crippen LogP contribution in [-0.4, -0.2) is 26.5 Å². The van der Waals surface area contributed by atoms with Crippen LogP contribution in [-0.2, 0) is 14.8 Å². The van der Waals surface area contributed by atoms with Crippen molar-refractivity contribution in [2.75, 3.05) is 10.8 Å². The van der Waals surface area contributed by atoms with E-state index in [0.29, 0.717) is 17.1 Å². The number of sulfonamides is 1. The molecule has 1 aliphatic heterocycles. The average Bonchev–Trinajstić information content (AvgIpc) is 2.79. The molecule has 1 atom stereocenters. The molecule has 1 heterocycles. The Morgan fingerprint density at radius 3 is 2.44 bits per heavy atom. The Balaban J connectivity index is 1.64. The molecular weight excluding hydrogens is 472 g/mol. The highest BCUT2D eigenvalue weighted by atomic mass is 35.5. The summed E-state index contributed by atoms with van der Waals surface area (Å²) in [4.78, 5) is 13.4. The van der Waals surface area contributed by atoms with Gasteiger partial charge in [-0.1, -0.05) is 47.5 Å². The predicted molar refractivity (Wildman–Crippen MR) is 134 cm³/mol. The molecule has 4 rings (SSSR count). The molecule has 0 spiro atoms. The van der Waals surface area contributed by atoms with Crippen molar-refractivity contribution >= 4 is 33.2 Å². The van der Waals surface area contributed by atoms with Gasteiger partial charge in [0.2, 0.25) is 5.91 Å². The number of carbonyl (C=O) groups excluding carboxylic acids is 1. The lowest BCUT2D eigenvalue weighted by molar-refractivity contribution is -0.120. The van der Waals surface area contributed by atoms with Gasteiger partial charge in [0.15, 0.2) is 0 Å². The molecule has 3 aromatic rings. The average molecular weight is 499 g/mol. The van der Waals surface area contributed by atoms with Crippen LogP contribution in [0, 0.1) is 6.92 Å². The molecule has 0 aromatic heterocycles. The smallest absolute Gasteiger partial charge is 0.264 e. The SMILES string of the molecule is Cc1ccc2c(c1)C(NC(=O)CN(c1ccc(Cl)cc1)S(=O)(=O)c1ccccc1)CC(C)(C)O2. The highest BCUT2D eigenvalue weighted by molar-refractivity contribution is 7.92. The van der Waals surface area contributed by atoms with Crippen LogP contribution in [0.2, 0.25) is 5.02 Å². The first-order chi connectivity index (χ1) is 16.0. The minimum absolute atomic E-state index is 0.103. The number of anilines is 1. The molecule has 1 unspecified atom stereocenters. The first-order valence-corrected chi connectivity index (χ1v) is 12.8. The van der Waals surface area contributed by atoms with Crippen molar-refractivity contribution < 1.29 is 17.9 Å². The standard InChI is InChI=1S/C26H27ClN2O4S/c1-18-9-14-24-22(15-18)23(16-26(2,3)33-24)28-25(30)17-29(20-12-10-19(27)11-13-20)34(31,32)21-7-5-4-6-8-21/h4-15,23H,16-17H2,1-3H3,(H,28,30). The molecule has 3 aromatic carbocycles. The number of amides is 1. The quantitative estimate of drug-likeness (QED) is 0.503. The number of carbonyl (C=O) groups is 1. The molecule has 1 aliphatic rings. The molecule has 34 heavy (non-hydrogen) atoms. The van der Waals surface area contributed by atoms with E-state index in [1.54, 1.807) is 42.5 Å². The van der Waals surface area contributed by atoms with Gasteiger partial charge in [-0.2, -0.15) is 0 Å². The van der Waals surface area contributed by atoms with Crippen molar-refractivity contribution in [3.8, 4) is 5.75 Å². The maximum absolute atomic E-state index is 13.5. The van der Waals surface area contributed by atoms with Crippen LogP contribution in [0.15, 0.2) is 77.7 Å². The molecule has 178 valence electrons. The Morgan fingerprint density at radius 1 is 1.09 bits per heavy atom. The molecule has 0 bridgehead atoms. The molecule has 8 heteroatoms. The fraction of sp³-hybridized carbons (Fsp3) is 0.269. The maximum Gasteiger partial charge on any atom is 0.264 e. The molecule has 0 saturated carbocycles. The summed E-state index contributed by atoms with van der Waals surface area (Å²) < 4.78 is 34.2. The highest BCUT2D eigenvalue weighted by Gasteiger charge is 2.35. The fourth-order valence-corrected chi connectivity index (χ4v) is 5.68. The summed E-state index contributed by atoms with van der Waals surface area (Å²) in [6, 6.07) is 20.0. The zero-order valence-corrected chi connectivity index (χ0v) is 20.9. The summed E-state index contributed by atoms with van der Waals surface area (Å²) >= 11 is 6.01. The number of rotatable bonds is 6. The second kappa shape index (κ2) is 9.31. The molecule has 0 saturated heterocycles. The molecule has 1 amide bonds. The van der Waals surface area contributed by atoms with Crippen LogP contribution >= 0.6 is 11.6 Å². The van der Waals surface area contributed by atoms with E-state index in [2.05, 4.69) is 5.32 Å². The van der Waals surface area contributed by atoms with E-state index in [4.69, 9.17) is 16.3 Å². The summed E-state index contributed by atoms with van der Waals surface area (Å²) in [5, 5.41) is 3.52. The fourth-order valence-electron chi connectivity index (χ4n) is 4.12. The second-order valence-corrected chi connectivity index (χ2v) is 11.3. The van der Waals surface area contributed by atoms with Gasteiger partial charge in [-0.05, 0) is 63.2 Å². The lowest BCUT2D eigenvalue weighted by Gasteiger charge is -2.38. The van der Waals surface area contributed by atoms with Crippen molar-refractivity contribution in [2.24, 2.45) is 0 Å². The van der Waals surface area contributed by atoms with E-state index in [0.717, 1.165) is 21.2 Å². The van der Waals surface area contributed by atoms with E-state index in [1.165, 1.54) is 12.1 Å². The lowest BCUT2D eigenvalue weighted by Crippen LogP contribution is -2.45. The zero-order chi connectivity index (χ0) is 24.5. The van der Waals surface area contributed by atoms with Gasteiger partial charge in [0.25, 0.3) is 10.0 Å². The molecular formula is C26H27ClN2O4S. The summed E-state index contributed by atoms with van der Waals surface area (Å²) in [7, 11) is -3.99. The van der Waals surface area contributed by atoms with Gasteiger partial charge in [0, 0.05) is 17.0 Å². The Bertz CT molecular complexity index is 1290. The van der Waals surface area contributed by atoms with Crippen LogP contribution < -0.4 is 14.4 Å². The van der Waals surface area contributed by atoms with E-state index in [-0.39, 0.29) is 17.5 Å². The Kier molecular flexibility index (Phi) is 6.60. The minimum atomic E-state index is -3.99. The third-order valence-corrected chi connectivity index (χ3v) is 7.73. The first-order valence-electron chi connectivity index (χ1n) is 11.0. The van der Waals surface area contributed by atoms with Crippen LogP contribution in [0.1, 0.15) is 37.4 Å². The van der Waals surface area contributed by atoms with Crippen LogP contribution in [0.3, 0.4) is 0 Å². The minimum Gasteiger partial charge on any atom is -0.487 e. The maximum atomic E-state index is 13.5. The highest BCUT2D eigenvalue weighted by Crippen LogP contribution is 2.40. The van der Waals surface area contributed by atoms with Gasteiger partial charge in [0.05, 0.1) is 16.6 Å². The van der Waals surface area contributed by atoms with Gasteiger partial charge >= 0.3 is 0 Å². The van der Waals surface area contributed by atoms with Gasteiger partial charge in [0.1, 0.15) is 17.9 Å². The second-order valence-electron chi connectivity index (χ2n) is 9.03. The summed E-state index contributed by atoms with van der Waals surface area (Å²) in [6.45, 7) is 5.54.